The van der Waals surface area contributed by atoms with E-state index >= 15 is 0 Å². The summed E-state index contributed by atoms with van der Waals surface area (Å²) in [6.45, 7) is 2.36. The zero-order valence-electron chi connectivity index (χ0n) is 15.7. The zero-order valence-corrected chi connectivity index (χ0v) is 17.3. The number of aliphatic hydroxyl groups is 2. The Hall–Kier alpha value is -1.54. The molecule has 0 aliphatic heterocycles. The molecule has 2 aromatic carbocycles. The van der Waals surface area contributed by atoms with Crippen molar-refractivity contribution in [3.63, 3.8) is 0 Å². The summed E-state index contributed by atoms with van der Waals surface area (Å²) in [4.78, 5) is 0. The van der Waals surface area contributed by atoms with Crippen LogP contribution in [0.4, 0.5) is 0 Å². The number of phenolic OH excluding ortho intramolecular Hbond substituents is 2. The monoisotopic (exact) mass is 420 g/mol. The van der Waals surface area contributed by atoms with Crippen LogP contribution in [0.3, 0.4) is 0 Å². The molecule has 0 saturated heterocycles. The highest BCUT2D eigenvalue weighted by Gasteiger charge is 2.13. The third-order valence-electron chi connectivity index (χ3n) is 3.85. The van der Waals surface area contributed by atoms with Gasteiger partial charge in [-0.3, -0.25) is 0 Å². The number of hydrogen-bond donors (Lipinski definition) is 6. The predicted octanol–water partition coefficient (Wildman–Crippen LogP) is 2.52. The maximum Gasteiger partial charge on any atom is 0.157 e. The summed E-state index contributed by atoms with van der Waals surface area (Å²) >= 11 is 0. The Kier molecular flexibility index (Phi) is 14.9. The number of aliphatic hydroxyl groups excluding tert-OH is 2. The van der Waals surface area contributed by atoms with E-state index in [1.54, 1.807) is 13.1 Å². The lowest BCUT2D eigenvalue weighted by Gasteiger charge is -2.17. The molecule has 2 aromatic rings. The summed E-state index contributed by atoms with van der Waals surface area (Å²) in [5.41, 5.74) is 1.53. The molecule has 0 fully saturated rings. The van der Waals surface area contributed by atoms with E-state index in [-0.39, 0.29) is 42.4 Å². The summed E-state index contributed by atoms with van der Waals surface area (Å²) in [5.74, 6) is -0.395. The molecule has 27 heavy (non-hydrogen) atoms. The third kappa shape index (κ3) is 9.28. The molecule has 8 heteroatoms. The van der Waals surface area contributed by atoms with Crippen molar-refractivity contribution in [1.82, 2.24) is 10.6 Å². The Balaban J connectivity index is 0. The van der Waals surface area contributed by atoms with Gasteiger partial charge in [-0.15, -0.1) is 24.8 Å². The van der Waals surface area contributed by atoms with Gasteiger partial charge in [-0.05, 0) is 44.3 Å². The van der Waals surface area contributed by atoms with Crippen LogP contribution >= 0.6 is 24.8 Å². The van der Waals surface area contributed by atoms with Crippen molar-refractivity contribution in [2.75, 3.05) is 20.6 Å². The molecule has 0 radical (unpaired) electrons. The number of phenols is 2. The van der Waals surface area contributed by atoms with Crippen LogP contribution in [0.1, 0.15) is 30.3 Å². The first-order valence-corrected chi connectivity index (χ1v) is 8.15. The number of benzene rings is 2. The minimum absolute atomic E-state index is 0. The zero-order chi connectivity index (χ0) is 18.8. The maximum atomic E-state index is 9.73. The first-order valence-electron chi connectivity index (χ1n) is 8.15. The van der Waals surface area contributed by atoms with E-state index in [9.17, 15) is 10.2 Å². The van der Waals surface area contributed by atoms with Gasteiger partial charge in [0, 0.05) is 12.6 Å². The van der Waals surface area contributed by atoms with Gasteiger partial charge in [0.05, 0.1) is 12.2 Å². The number of nitrogens with one attached hydrogen (secondary N) is 2. The Morgan fingerprint density at radius 1 is 0.852 bits per heavy atom. The maximum absolute atomic E-state index is 9.73. The fourth-order valence-electron chi connectivity index (χ4n) is 2.16. The lowest BCUT2D eigenvalue weighted by atomic mass is 10.0. The summed E-state index contributed by atoms with van der Waals surface area (Å²) in [7, 11) is 3.57. The molecule has 1 unspecified atom stereocenters. The van der Waals surface area contributed by atoms with Gasteiger partial charge in [-0.25, -0.2) is 0 Å². The van der Waals surface area contributed by atoms with Gasteiger partial charge in [0.2, 0.25) is 0 Å². The molecule has 0 aromatic heterocycles. The highest BCUT2D eigenvalue weighted by molar-refractivity contribution is 5.85. The molecule has 2 rings (SSSR count). The molecule has 0 saturated carbocycles. The molecule has 0 amide bonds. The van der Waals surface area contributed by atoms with Gasteiger partial charge in [-0.2, -0.15) is 0 Å². The topological polar surface area (TPSA) is 105 Å². The van der Waals surface area contributed by atoms with E-state index in [0.717, 1.165) is 5.56 Å². The normalized spacial score (nSPS) is 13.1. The van der Waals surface area contributed by atoms with E-state index in [1.807, 2.05) is 44.3 Å². The van der Waals surface area contributed by atoms with E-state index in [1.165, 1.54) is 12.1 Å². The van der Waals surface area contributed by atoms with Crippen molar-refractivity contribution >= 4 is 24.8 Å². The van der Waals surface area contributed by atoms with Crippen molar-refractivity contribution in [3.8, 4) is 11.5 Å². The molecule has 0 aliphatic rings. The van der Waals surface area contributed by atoms with E-state index in [2.05, 4.69) is 10.6 Å². The Morgan fingerprint density at radius 2 is 1.44 bits per heavy atom. The molecule has 154 valence electrons. The average Bonchev–Trinajstić information content (AvgIpc) is 2.64. The van der Waals surface area contributed by atoms with Crippen LogP contribution in [0.5, 0.6) is 11.5 Å². The molecule has 0 bridgehead atoms. The van der Waals surface area contributed by atoms with Gasteiger partial charge < -0.3 is 31.1 Å². The van der Waals surface area contributed by atoms with Crippen LogP contribution < -0.4 is 10.6 Å². The first kappa shape index (κ1) is 27.7. The molecule has 0 spiro atoms. The number of aromatic hydroxyl groups is 2. The van der Waals surface area contributed by atoms with Crippen LogP contribution in [0.25, 0.3) is 0 Å². The Labute approximate surface area is 173 Å². The van der Waals surface area contributed by atoms with Crippen LogP contribution in [0.2, 0.25) is 0 Å². The van der Waals surface area contributed by atoms with Crippen LogP contribution in [0.15, 0.2) is 48.5 Å². The summed E-state index contributed by atoms with van der Waals surface area (Å²) in [6, 6.07) is 14.0. The molecule has 6 N–H and O–H groups in total. The molecular formula is C19H30Cl2N2O4. The van der Waals surface area contributed by atoms with E-state index in [0.29, 0.717) is 12.1 Å². The van der Waals surface area contributed by atoms with E-state index in [4.69, 9.17) is 10.2 Å². The second-order valence-corrected chi connectivity index (χ2v) is 5.75. The lowest BCUT2D eigenvalue weighted by Crippen LogP contribution is -2.28. The number of likely N-dealkylation sites (N-methyl/N-ethyl adjacent to an activating group) is 2. The summed E-state index contributed by atoms with van der Waals surface area (Å²) in [6.07, 6.45) is -1.09. The van der Waals surface area contributed by atoms with E-state index < -0.39 is 12.2 Å². The SMILES string of the molecule is CNCC(O)c1ccc(O)c(O)c1.CN[C@@H](C)[C@H](O)c1ccccc1.Cl.Cl. The molecule has 0 heterocycles. The van der Waals surface area contributed by atoms with Gasteiger partial charge in [0.15, 0.2) is 11.5 Å². The molecule has 6 nitrogen and oxygen atoms in total. The fourth-order valence-corrected chi connectivity index (χ4v) is 2.16. The van der Waals surface area contributed by atoms with Crippen LogP contribution in [-0.2, 0) is 0 Å². The fraction of sp³-hybridized carbons (Fsp3) is 0.368. The van der Waals surface area contributed by atoms with Gasteiger partial charge in [-0.1, -0.05) is 36.4 Å². The van der Waals surface area contributed by atoms with Gasteiger partial charge in [0.25, 0.3) is 0 Å². The largest absolute Gasteiger partial charge is 0.504 e. The Morgan fingerprint density at radius 3 is 1.93 bits per heavy atom. The van der Waals surface area contributed by atoms with Crippen LogP contribution in [0, 0.1) is 0 Å². The Bertz CT molecular complexity index is 632. The van der Waals surface area contributed by atoms with Gasteiger partial charge >= 0.3 is 0 Å². The first-order chi connectivity index (χ1) is 11.9. The summed E-state index contributed by atoms with van der Waals surface area (Å²) in [5, 5.41) is 43.2. The predicted molar refractivity (Wildman–Crippen MR) is 113 cm³/mol. The minimum atomic E-state index is -0.670. The second-order valence-electron chi connectivity index (χ2n) is 5.75. The highest BCUT2D eigenvalue weighted by Crippen LogP contribution is 2.27. The van der Waals surface area contributed by atoms with Gasteiger partial charge in [0.1, 0.15) is 0 Å². The van der Waals surface area contributed by atoms with Crippen molar-refractivity contribution in [2.24, 2.45) is 0 Å². The van der Waals surface area contributed by atoms with Crippen molar-refractivity contribution in [1.29, 1.82) is 0 Å². The van der Waals surface area contributed by atoms with Crippen molar-refractivity contribution < 1.29 is 20.4 Å². The second kappa shape index (κ2) is 14.5. The molecular weight excluding hydrogens is 391 g/mol. The smallest absolute Gasteiger partial charge is 0.157 e. The standard InChI is InChI=1S/C10H15NO.C9H13NO3.2ClH/c1-8(11-2)10(12)9-6-4-3-5-7-9;1-10-5-9(13)6-2-3-7(11)8(12)4-6;;/h3-8,10-12H,1-2H3;2-4,9-13H,5H2,1H3;2*1H/t8-,10-;;;/m0.../s1. The number of rotatable bonds is 6. The average molecular weight is 421 g/mol. The number of halogens is 2. The molecule has 0 aliphatic carbocycles. The lowest BCUT2D eigenvalue weighted by molar-refractivity contribution is 0.140. The number of hydrogen-bond acceptors (Lipinski definition) is 6. The summed E-state index contributed by atoms with van der Waals surface area (Å²) < 4.78 is 0. The van der Waals surface area contributed by atoms with Crippen molar-refractivity contribution in [3.05, 3.63) is 59.7 Å². The van der Waals surface area contributed by atoms with Crippen molar-refractivity contribution in [2.45, 2.75) is 25.2 Å². The molecule has 3 atom stereocenters. The highest BCUT2D eigenvalue weighted by atomic mass is 35.5. The third-order valence-corrected chi connectivity index (χ3v) is 3.85. The quantitative estimate of drug-likeness (QED) is 0.401. The van der Waals surface area contributed by atoms with Crippen LogP contribution in [-0.4, -0.2) is 47.1 Å². The minimum Gasteiger partial charge on any atom is -0.504 e.